The number of nitrogens with zero attached hydrogens (tertiary/aromatic N) is 3. The second-order valence-corrected chi connectivity index (χ2v) is 4.45. The molecule has 0 saturated heterocycles. The number of pyridine rings is 1. The molecule has 0 saturated carbocycles. The van der Waals surface area contributed by atoms with E-state index in [-0.39, 0.29) is 6.04 Å². The number of aryl methyl sites for hydroxylation is 1. The van der Waals surface area contributed by atoms with Gasteiger partial charge in [0.25, 0.3) is 0 Å². The van der Waals surface area contributed by atoms with Crippen LogP contribution in [0.4, 0.5) is 0 Å². The molecule has 4 nitrogen and oxygen atoms in total. The number of hydrogen-bond acceptors (Lipinski definition) is 3. The van der Waals surface area contributed by atoms with Crippen LogP contribution < -0.4 is 0 Å². The van der Waals surface area contributed by atoms with Crippen LogP contribution in [-0.2, 0) is 0 Å². The molecule has 0 amide bonds. The summed E-state index contributed by atoms with van der Waals surface area (Å²) < 4.78 is 1.97. The molecular formula is C13H17N3O. The summed E-state index contributed by atoms with van der Waals surface area (Å²) in [6, 6.07) is 2.17. The van der Waals surface area contributed by atoms with Crippen LogP contribution in [0.15, 0.2) is 31.0 Å². The van der Waals surface area contributed by atoms with E-state index in [1.807, 2.05) is 17.6 Å². The van der Waals surface area contributed by atoms with Crippen LogP contribution >= 0.6 is 0 Å². The molecule has 4 heteroatoms. The minimum Gasteiger partial charge on any atom is -0.382 e. The number of imidazole rings is 1. The lowest BCUT2D eigenvalue weighted by molar-refractivity contribution is 0.206. The summed E-state index contributed by atoms with van der Waals surface area (Å²) in [6.07, 6.45) is 6.21. The molecule has 0 aliphatic carbocycles. The van der Waals surface area contributed by atoms with Gasteiger partial charge in [-0.15, -0.1) is 0 Å². The van der Waals surface area contributed by atoms with Crippen molar-refractivity contribution in [1.82, 2.24) is 14.5 Å². The second-order valence-electron chi connectivity index (χ2n) is 4.45. The van der Waals surface area contributed by atoms with Crippen molar-refractivity contribution < 1.29 is 5.11 Å². The van der Waals surface area contributed by atoms with E-state index in [0.717, 1.165) is 16.8 Å². The van der Waals surface area contributed by atoms with Crippen molar-refractivity contribution in [3.05, 3.63) is 47.8 Å². The highest BCUT2D eigenvalue weighted by atomic mass is 16.3. The van der Waals surface area contributed by atoms with Gasteiger partial charge >= 0.3 is 0 Å². The molecule has 0 aliphatic heterocycles. The molecule has 1 atom stereocenters. The van der Waals surface area contributed by atoms with Gasteiger partial charge in [0.1, 0.15) is 6.10 Å². The van der Waals surface area contributed by atoms with Gasteiger partial charge in [-0.25, -0.2) is 4.98 Å². The molecule has 0 fully saturated rings. The van der Waals surface area contributed by atoms with Crippen LogP contribution in [0.3, 0.4) is 0 Å². The van der Waals surface area contributed by atoms with Crippen molar-refractivity contribution in [2.45, 2.75) is 32.9 Å². The fourth-order valence-corrected chi connectivity index (χ4v) is 1.88. The zero-order valence-corrected chi connectivity index (χ0v) is 10.3. The standard InChI is InChI=1S/C13H17N3O/c1-9(2)16-8-15-7-12(16)13(17)11-6-14-5-4-10(11)3/h4-9,13,17H,1-3H3. The van der Waals surface area contributed by atoms with E-state index in [2.05, 4.69) is 23.8 Å². The molecule has 1 N–H and O–H groups in total. The van der Waals surface area contributed by atoms with Crippen LogP contribution in [0.5, 0.6) is 0 Å². The third-order valence-electron chi connectivity index (χ3n) is 2.91. The topological polar surface area (TPSA) is 50.9 Å². The molecule has 2 rings (SSSR count). The van der Waals surface area contributed by atoms with Crippen LogP contribution in [0, 0.1) is 6.92 Å². The third-order valence-corrected chi connectivity index (χ3v) is 2.91. The van der Waals surface area contributed by atoms with Gasteiger partial charge in [-0.3, -0.25) is 4.98 Å². The second kappa shape index (κ2) is 4.67. The Hall–Kier alpha value is -1.68. The van der Waals surface area contributed by atoms with E-state index in [1.165, 1.54) is 0 Å². The van der Waals surface area contributed by atoms with Gasteiger partial charge in [-0.05, 0) is 32.4 Å². The van der Waals surface area contributed by atoms with Gasteiger partial charge < -0.3 is 9.67 Å². The Morgan fingerprint density at radius 3 is 2.65 bits per heavy atom. The van der Waals surface area contributed by atoms with Crippen LogP contribution in [0.2, 0.25) is 0 Å². The van der Waals surface area contributed by atoms with Gasteiger partial charge in [-0.2, -0.15) is 0 Å². The fourth-order valence-electron chi connectivity index (χ4n) is 1.88. The number of hydrogen-bond donors (Lipinski definition) is 1. The first-order chi connectivity index (χ1) is 8.11. The van der Waals surface area contributed by atoms with Gasteiger partial charge in [-0.1, -0.05) is 0 Å². The summed E-state index contributed by atoms with van der Waals surface area (Å²) in [6.45, 7) is 6.10. The maximum Gasteiger partial charge on any atom is 0.122 e. The lowest BCUT2D eigenvalue weighted by Gasteiger charge is -2.17. The van der Waals surface area contributed by atoms with E-state index < -0.39 is 6.10 Å². The highest BCUT2D eigenvalue weighted by molar-refractivity contribution is 5.29. The van der Waals surface area contributed by atoms with E-state index in [9.17, 15) is 5.11 Å². The highest BCUT2D eigenvalue weighted by Crippen LogP contribution is 2.25. The molecule has 1 unspecified atom stereocenters. The van der Waals surface area contributed by atoms with Crippen molar-refractivity contribution in [1.29, 1.82) is 0 Å². The molecule has 2 aromatic heterocycles. The Morgan fingerprint density at radius 1 is 1.24 bits per heavy atom. The molecule has 0 bridgehead atoms. The zero-order valence-electron chi connectivity index (χ0n) is 10.3. The summed E-state index contributed by atoms with van der Waals surface area (Å²) in [5.41, 5.74) is 2.66. The van der Waals surface area contributed by atoms with E-state index in [4.69, 9.17) is 0 Å². The van der Waals surface area contributed by atoms with Gasteiger partial charge in [0.15, 0.2) is 0 Å². The van der Waals surface area contributed by atoms with Gasteiger partial charge in [0, 0.05) is 24.0 Å². The average molecular weight is 231 g/mol. The van der Waals surface area contributed by atoms with Crippen LogP contribution in [-0.4, -0.2) is 19.6 Å². The largest absolute Gasteiger partial charge is 0.382 e. The van der Waals surface area contributed by atoms with E-state index >= 15 is 0 Å². The predicted molar refractivity (Wildman–Crippen MR) is 65.6 cm³/mol. The summed E-state index contributed by atoms with van der Waals surface area (Å²) in [4.78, 5) is 8.16. The molecule has 90 valence electrons. The number of rotatable bonds is 3. The van der Waals surface area contributed by atoms with Crippen molar-refractivity contribution in [2.24, 2.45) is 0 Å². The highest BCUT2D eigenvalue weighted by Gasteiger charge is 2.18. The van der Waals surface area contributed by atoms with Gasteiger partial charge in [0.05, 0.1) is 18.2 Å². The van der Waals surface area contributed by atoms with Crippen molar-refractivity contribution in [2.75, 3.05) is 0 Å². The minimum atomic E-state index is -0.673. The normalized spacial score (nSPS) is 13.0. The Labute approximate surface area is 101 Å². The van der Waals surface area contributed by atoms with E-state index in [0.29, 0.717) is 0 Å². The summed E-state index contributed by atoms with van der Waals surface area (Å²) >= 11 is 0. The average Bonchev–Trinajstić information content (AvgIpc) is 2.77. The zero-order chi connectivity index (χ0) is 12.4. The maximum atomic E-state index is 10.4. The van der Waals surface area contributed by atoms with Gasteiger partial charge in [0.2, 0.25) is 0 Å². The van der Waals surface area contributed by atoms with Crippen molar-refractivity contribution in [3.63, 3.8) is 0 Å². The maximum absolute atomic E-state index is 10.4. The van der Waals surface area contributed by atoms with Crippen molar-refractivity contribution in [3.8, 4) is 0 Å². The first kappa shape index (κ1) is 11.8. The Balaban J connectivity index is 2.41. The molecule has 0 spiro atoms. The Bertz CT molecular complexity index is 505. The molecule has 0 aliphatic rings. The third kappa shape index (κ3) is 2.22. The number of aromatic nitrogens is 3. The monoisotopic (exact) mass is 231 g/mol. The van der Waals surface area contributed by atoms with E-state index in [1.54, 1.807) is 24.9 Å². The summed E-state index contributed by atoms with van der Waals surface area (Å²) in [5.74, 6) is 0. The quantitative estimate of drug-likeness (QED) is 0.881. The fraction of sp³-hybridized carbons (Fsp3) is 0.385. The predicted octanol–water partition coefficient (Wildman–Crippen LogP) is 2.25. The van der Waals surface area contributed by atoms with Crippen LogP contribution in [0.25, 0.3) is 0 Å². The molecule has 17 heavy (non-hydrogen) atoms. The smallest absolute Gasteiger partial charge is 0.122 e. The lowest BCUT2D eigenvalue weighted by Crippen LogP contribution is -2.11. The first-order valence-corrected chi connectivity index (χ1v) is 5.71. The Morgan fingerprint density at radius 2 is 2.00 bits per heavy atom. The summed E-state index contributed by atoms with van der Waals surface area (Å²) in [5, 5.41) is 10.4. The molecule has 0 aromatic carbocycles. The number of aliphatic hydroxyl groups excluding tert-OH is 1. The minimum absolute atomic E-state index is 0.277. The van der Waals surface area contributed by atoms with Crippen molar-refractivity contribution >= 4 is 0 Å². The SMILES string of the molecule is Cc1ccncc1C(O)c1cncn1C(C)C. The summed E-state index contributed by atoms with van der Waals surface area (Å²) in [7, 11) is 0. The first-order valence-electron chi connectivity index (χ1n) is 5.71. The Kier molecular flexibility index (Phi) is 3.24. The van der Waals surface area contributed by atoms with Crippen LogP contribution in [0.1, 0.15) is 42.8 Å². The lowest BCUT2D eigenvalue weighted by atomic mass is 10.0. The molecule has 2 heterocycles. The molecule has 0 radical (unpaired) electrons. The molecule has 2 aromatic rings. The molecular weight excluding hydrogens is 214 g/mol. The number of aliphatic hydroxyl groups is 1.